The van der Waals surface area contributed by atoms with Crippen molar-refractivity contribution in [3.05, 3.63) is 23.3 Å². The van der Waals surface area contributed by atoms with Crippen LogP contribution in [0, 0.1) is 11.3 Å². The Balaban J connectivity index is 2.17. The summed E-state index contributed by atoms with van der Waals surface area (Å²) in [6, 6.07) is 0. The van der Waals surface area contributed by atoms with E-state index in [1.54, 1.807) is 11.1 Å². The van der Waals surface area contributed by atoms with Crippen LogP contribution in [-0.2, 0) is 0 Å². The molecular formula is C16H26. The van der Waals surface area contributed by atoms with Crippen molar-refractivity contribution >= 4 is 0 Å². The Morgan fingerprint density at radius 3 is 2.44 bits per heavy atom. The van der Waals surface area contributed by atoms with Crippen molar-refractivity contribution in [3.8, 4) is 0 Å². The van der Waals surface area contributed by atoms with Crippen LogP contribution in [-0.4, -0.2) is 0 Å². The quantitative estimate of drug-likeness (QED) is 0.593. The van der Waals surface area contributed by atoms with E-state index in [9.17, 15) is 0 Å². The van der Waals surface area contributed by atoms with Gasteiger partial charge in [0.25, 0.3) is 0 Å². The lowest BCUT2D eigenvalue weighted by Crippen LogP contribution is -2.24. The molecule has 2 aliphatic rings. The minimum absolute atomic E-state index is 0.534. The van der Waals surface area contributed by atoms with Crippen LogP contribution in [0.5, 0.6) is 0 Å². The van der Waals surface area contributed by atoms with Crippen molar-refractivity contribution < 1.29 is 0 Å². The van der Waals surface area contributed by atoms with E-state index in [0.29, 0.717) is 11.3 Å². The third kappa shape index (κ3) is 2.42. The normalized spacial score (nSPS) is 25.2. The second-order valence-corrected chi connectivity index (χ2v) is 6.19. The fourth-order valence-electron chi connectivity index (χ4n) is 3.26. The van der Waals surface area contributed by atoms with Gasteiger partial charge in [0.1, 0.15) is 0 Å². The van der Waals surface area contributed by atoms with Gasteiger partial charge in [0.2, 0.25) is 0 Å². The van der Waals surface area contributed by atoms with E-state index in [4.69, 9.17) is 0 Å². The highest BCUT2D eigenvalue weighted by atomic mass is 14.4. The van der Waals surface area contributed by atoms with Crippen LogP contribution in [0.15, 0.2) is 23.3 Å². The Bertz CT molecular complexity index is 298. The van der Waals surface area contributed by atoms with Crippen LogP contribution < -0.4 is 0 Å². The first-order chi connectivity index (χ1) is 7.62. The lowest BCUT2D eigenvalue weighted by atomic mass is 9.67. The fraction of sp³-hybridized carbons (Fsp3) is 0.750. The van der Waals surface area contributed by atoms with Gasteiger partial charge in [0.05, 0.1) is 0 Å². The molecule has 0 spiro atoms. The average Bonchev–Trinajstić information content (AvgIpc) is 2.30. The Morgan fingerprint density at radius 1 is 1.12 bits per heavy atom. The average molecular weight is 218 g/mol. The van der Waals surface area contributed by atoms with Crippen LogP contribution in [0.3, 0.4) is 0 Å². The molecule has 0 aliphatic heterocycles. The van der Waals surface area contributed by atoms with Crippen LogP contribution in [0.1, 0.15) is 65.7 Å². The molecule has 1 saturated carbocycles. The second-order valence-electron chi connectivity index (χ2n) is 6.19. The first kappa shape index (κ1) is 12.0. The summed E-state index contributed by atoms with van der Waals surface area (Å²) in [6.45, 7) is 7.13. The molecular weight excluding hydrogens is 192 g/mol. The first-order valence-corrected chi connectivity index (χ1v) is 7.03. The standard InChI is InChI=1S/C16H26/c1-13(2)14-8-7-9-15(12-14)16(3)10-5-4-6-11-16/h8,12-13H,4-7,9-11H2,1-3H3. The summed E-state index contributed by atoms with van der Waals surface area (Å²) in [5.41, 5.74) is 3.86. The van der Waals surface area contributed by atoms with Gasteiger partial charge in [-0.1, -0.05) is 57.8 Å². The van der Waals surface area contributed by atoms with Crippen molar-refractivity contribution in [2.24, 2.45) is 11.3 Å². The van der Waals surface area contributed by atoms with Gasteiger partial charge in [-0.25, -0.2) is 0 Å². The van der Waals surface area contributed by atoms with Gasteiger partial charge in [-0.15, -0.1) is 0 Å². The summed E-state index contributed by atoms with van der Waals surface area (Å²) in [6.07, 6.45) is 14.7. The third-order valence-corrected chi connectivity index (χ3v) is 4.53. The zero-order valence-corrected chi connectivity index (χ0v) is 11.2. The first-order valence-electron chi connectivity index (χ1n) is 7.03. The van der Waals surface area contributed by atoms with Gasteiger partial charge >= 0.3 is 0 Å². The predicted molar refractivity (Wildman–Crippen MR) is 71.4 cm³/mol. The summed E-state index contributed by atoms with van der Waals surface area (Å²) in [7, 11) is 0. The van der Waals surface area contributed by atoms with Crippen LogP contribution in [0.2, 0.25) is 0 Å². The molecule has 90 valence electrons. The summed E-state index contributed by atoms with van der Waals surface area (Å²) >= 11 is 0. The molecule has 0 heterocycles. The molecule has 0 heteroatoms. The number of hydrogen-bond acceptors (Lipinski definition) is 0. The predicted octanol–water partition coefficient (Wildman–Crippen LogP) is 5.26. The monoisotopic (exact) mass is 218 g/mol. The van der Waals surface area contributed by atoms with Crippen molar-refractivity contribution in [1.29, 1.82) is 0 Å². The van der Waals surface area contributed by atoms with Gasteiger partial charge in [0.15, 0.2) is 0 Å². The van der Waals surface area contributed by atoms with E-state index in [1.807, 2.05) is 0 Å². The molecule has 2 rings (SSSR count). The molecule has 0 aromatic heterocycles. The van der Waals surface area contributed by atoms with Gasteiger partial charge in [-0.3, -0.25) is 0 Å². The third-order valence-electron chi connectivity index (χ3n) is 4.53. The number of allylic oxidation sites excluding steroid dienone is 4. The van der Waals surface area contributed by atoms with Gasteiger partial charge < -0.3 is 0 Å². The molecule has 0 aromatic carbocycles. The maximum Gasteiger partial charge on any atom is -0.0113 e. The Labute approximate surface area is 101 Å². The summed E-state index contributed by atoms with van der Waals surface area (Å²) in [5, 5.41) is 0. The molecule has 0 radical (unpaired) electrons. The van der Waals surface area contributed by atoms with E-state index < -0.39 is 0 Å². The molecule has 0 amide bonds. The molecule has 0 aromatic rings. The van der Waals surface area contributed by atoms with Crippen molar-refractivity contribution in [3.63, 3.8) is 0 Å². The number of rotatable bonds is 2. The van der Waals surface area contributed by atoms with Gasteiger partial charge in [-0.05, 0) is 42.6 Å². The Kier molecular flexibility index (Phi) is 3.56. The van der Waals surface area contributed by atoms with Crippen LogP contribution in [0.4, 0.5) is 0 Å². The molecule has 0 saturated heterocycles. The highest BCUT2D eigenvalue weighted by molar-refractivity contribution is 5.32. The molecule has 0 unspecified atom stereocenters. The molecule has 1 fully saturated rings. The highest BCUT2D eigenvalue weighted by Crippen LogP contribution is 2.45. The molecule has 0 bridgehead atoms. The topological polar surface area (TPSA) is 0 Å². The Hall–Kier alpha value is -0.520. The number of hydrogen-bond donors (Lipinski definition) is 0. The highest BCUT2D eigenvalue weighted by Gasteiger charge is 2.31. The summed E-state index contributed by atoms with van der Waals surface area (Å²) in [5.74, 6) is 0.697. The zero-order valence-electron chi connectivity index (χ0n) is 11.2. The fourth-order valence-corrected chi connectivity index (χ4v) is 3.26. The van der Waals surface area contributed by atoms with Crippen LogP contribution >= 0.6 is 0 Å². The Morgan fingerprint density at radius 2 is 1.81 bits per heavy atom. The summed E-state index contributed by atoms with van der Waals surface area (Å²) in [4.78, 5) is 0. The van der Waals surface area contributed by atoms with E-state index in [1.165, 1.54) is 44.9 Å². The van der Waals surface area contributed by atoms with Crippen molar-refractivity contribution in [1.82, 2.24) is 0 Å². The van der Waals surface area contributed by atoms with Gasteiger partial charge in [0, 0.05) is 0 Å². The molecule has 16 heavy (non-hydrogen) atoms. The molecule has 2 aliphatic carbocycles. The lowest BCUT2D eigenvalue weighted by molar-refractivity contribution is 0.259. The lowest BCUT2D eigenvalue weighted by Gasteiger charge is -2.38. The molecule has 0 N–H and O–H groups in total. The largest absolute Gasteiger partial charge is 0.0807 e. The van der Waals surface area contributed by atoms with E-state index in [2.05, 4.69) is 32.9 Å². The minimum Gasteiger partial charge on any atom is -0.0807 e. The molecule has 0 atom stereocenters. The SMILES string of the molecule is CC(C)C1=CCCC(C2(C)CCCCC2)=C1. The van der Waals surface area contributed by atoms with E-state index in [0.717, 1.165) is 0 Å². The van der Waals surface area contributed by atoms with Crippen LogP contribution in [0.25, 0.3) is 0 Å². The van der Waals surface area contributed by atoms with Crippen molar-refractivity contribution in [2.75, 3.05) is 0 Å². The minimum atomic E-state index is 0.534. The molecule has 0 nitrogen and oxygen atoms in total. The van der Waals surface area contributed by atoms with Crippen molar-refractivity contribution in [2.45, 2.75) is 65.7 Å². The maximum absolute atomic E-state index is 2.53. The van der Waals surface area contributed by atoms with E-state index in [-0.39, 0.29) is 0 Å². The maximum atomic E-state index is 2.53. The zero-order chi connectivity index (χ0) is 11.6. The second kappa shape index (κ2) is 4.77. The smallest absolute Gasteiger partial charge is 0.0113 e. The van der Waals surface area contributed by atoms with Gasteiger partial charge in [-0.2, -0.15) is 0 Å². The summed E-state index contributed by atoms with van der Waals surface area (Å²) < 4.78 is 0. The van der Waals surface area contributed by atoms with E-state index >= 15 is 0 Å².